The Labute approximate surface area is 141 Å². The van der Waals surface area contributed by atoms with Crippen molar-refractivity contribution in [1.82, 2.24) is 9.80 Å². The van der Waals surface area contributed by atoms with E-state index < -0.39 is 0 Å². The van der Waals surface area contributed by atoms with E-state index in [0.29, 0.717) is 5.41 Å². The first-order valence-corrected chi connectivity index (χ1v) is 7.81. The van der Waals surface area contributed by atoms with Crippen molar-refractivity contribution in [2.75, 3.05) is 40.3 Å². The number of hydrogen-bond acceptors (Lipinski definition) is 2. The minimum atomic E-state index is 0. The molecule has 0 bridgehead atoms. The number of aliphatic imine (C=N–C) groups is 1. The average Bonchev–Trinajstić information content (AvgIpc) is 2.85. The zero-order valence-corrected chi connectivity index (χ0v) is 15.4. The van der Waals surface area contributed by atoms with E-state index in [4.69, 9.17) is 10.7 Å². The first-order valence-electron chi connectivity index (χ1n) is 7.81. The van der Waals surface area contributed by atoms with Crippen molar-refractivity contribution in [3.05, 3.63) is 0 Å². The van der Waals surface area contributed by atoms with Gasteiger partial charge in [-0.25, -0.2) is 0 Å². The number of piperidine rings is 1. The number of hydrogen-bond donors (Lipinski definition) is 1. The van der Waals surface area contributed by atoms with Crippen LogP contribution in [0.25, 0.3) is 0 Å². The molecular formula is C15H31IN4. The van der Waals surface area contributed by atoms with Crippen LogP contribution in [0.1, 0.15) is 44.9 Å². The van der Waals surface area contributed by atoms with Crippen LogP contribution in [0, 0.1) is 5.41 Å². The molecule has 0 aromatic carbocycles. The Hall–Kier alpha value is -0.0400. The van der Waals surface area contributed by atoms with Crippen LogP contribution < -0.4 is 5.73 Å². The Morgan fingerprint density at radius 2 is 1.70 bits per heavy atom. The van der Waals surface area contributed by atoms with Gasteiger partial charge < -0.3 is 15.5 Å². The topological polar surface area (TPSA) is 44.9 Å². The molecule has 1 saturated heterocycles. The average molecular weight is 394 g/mol. The smallest absolute Gasteiger partial charge is 0.191 e. The van der Waals surface area contributed by atoms with Crippen molar-refractivity contribution in [3.8, 4) is 0 Å². The first-order chi connectivity index (χ1) is 9.11. The summed E-state index contributed by atoms with van der Waals surface area (Å²) in [6.45, 7) is 4.24. The summed E-state index contributed by atoms with van der Waals surface area (Å²) in [5, 5.41) is 0. The molecule has 0 aromatic rings. The molecule has 0 amide bonds. The maximum atomic E-state index is 6.18. The third-order valence-corrected chi connectivity index (χ3v) is 4.57. The quantitative estimate of drug-likeness (QED) is 0.453. The minimum absolute atomic E-state index is 0. The lowest BCUT2D eigenvalue weighted by Gasteiger charge is -2.32. The number of halogens is 1. The summed E-state index contributed by atoms with van der Waals surface area (Å²) in [5.41, 5.74) is 6.56. The third kappa shape index (κ3) is 5.06. The molecule has 118 valence electrons. The van der Waals surface area contributed by atoms with Crippen LogP contribution in [0.3, 0.4) is 0 Å². The van der Waals surface area contributed by atoms with Gasteiger partial charge in [0, 0.05) is 31.6 Å². The fourth-order valence-electron chi connectivity index (χ4n) is 3.63. The Morgan fingerprint density at radius 3 is 2.25 bits per heavy atom. The van der Waals surface area contributed by atoms with E-state index >= 15 is 0 Å². The molecule has 1 heterocycles. The predicted octanol–water partition coefficient (Wildman–Crippen LogP) is 2.53. The Bertz CT molecular complexity index is 305. The summed E-state index contributed by atoms with van der Waals surface area (Å²) in [5.74, 6) is 0.782. The molecule has 2 rings (SSSR count). The molecule has 0 atom stereocenters. The lowest BCUT2D eigenvalue weighted by molar-refractivity contribution is 0.209. The molecule has 0 spiro atoms. The zero-order chi connectivity index (χ0) is 13.7. The zero-order valence-electron chi connectivity index (χ0n) is 13.1. The predicted molar refractivity (Wildman–Crippen MR) is 96.8 cm³/mol. The van der Waals surface area contributed by atoms with E-state index in [1.165, 1.54) is 44.9 Å². The first kappa shape index (κ1) is 18.0. The molecule has 0 radical (unpaired) electrons. The van der Waals surface area contributed by atoms with E-state index in [9.17, 15) is 0 Å². The van der Waals surface area contributed by atoms with Gasteiger partial charge in [-0.3, -0.25) is 4.99 Å². The summed E-state index contributed by atoms with van der Waals surface area (Å²) >= 11 is 0. The van der Waals surface area contributed by atoms with Gasteiger partial charge >= 0.3 is 0 Å². The van der Waals surface area contributed by atoms with Gasteiger partial charge in [0.2, 0.25) is 0 Å². The van der Waals surface area contributed by atoms with Crippen molar-refractivity contribution < 1.29 is 0 Å². The number of likely N-dealkylation sites (tertiary alicyclic amines) is 1. The summed E-state index contributed by atoms with van der Waals surface area (Å²) in [4.78, 5) is 9.32. The van der Waals surface area contributed by atoms with Gasteiger partial charge in [-0.1, -0.05) is 12.8 Å². The summed E-state index contributed by atoms with van der Waals surface area (Å²) in [7, 11) is 4.33. The van der Waals surface area contributed by atoms with Gasteiger partial charge in [0.05, 0.1) is 0 Å². The molecule has 2 fully saturated rings. The molecule has 20 heavy (non-hydrogen) atoms. The van der Waals surface area contributed by atoms with E-state index in [1.54, 1.807) is 0 Å². The second kappa shape index (κ2) is 8.41. The van der Waals surface area contributed by atoms with E-state index in [1.807, 2.05) is 0 Å². The van der Waals surface area contributed by atoms with Crippen LogP contribution in [0.15, 0.2) is 4.99 Å². The Morgan fingerprint density at radius 1 is 1.10 bits per heavy atom. The highest BCUT2D eigenvalue weighted by atomic mass is 127. The van der Waals surface area contributed by atoms with Crippen LogP contribution in [-0.2, 0) is 0 Å². The monoisotopic (exact) mass is 394 g/mol. The number of guanidine groups is 1. The van der Waals surface area contributed by atoms with Crippen LogP contribution >= 0.6 is 24.0 Å². The van der Waals surface area contributed by atoms with Crippen LogP contribution in [-0.4, -0.2) is 56.0 Å². The SMILES string of the molecule is CN(C)CC1(CN=C(N)N2CCCCC2)CCCC1.I. The number of rotatable bonds is 4. The van der Waals surface area contributed by atoms with Crippen molar-refractivity contribution in [2.24, 2.45) is 16.1 Å². The third-order valence-electron chi connectivity index (χ3n) is 4.57. The fraction of sp³-hybridized carbons (Fsp3) is 0.933. The van der Waals surface area contributed by atoms with Crippen LogP contribution in [0.2, 0.25) is 0 Å². The Balaban J connectivity index is 0.00000200. The van der Waals surface area contributed by atoms with E-state index in [2.05, 4.69) is 23.9 Å². The molecule has 5 heteroatoms. The van der Waals surface area contributed by atoms with E-state index in [-0.39, 0.29) is 24.0 Å². The van der Waals surface area contributed by atoms with Crippen LogP contribution in [0.5, 0.6) is 0 Å². The highest BCUT2D eigenvalue weighted by Gasteiger charge is 2.34. The summed E-state index contributed by atoms with van der Waals surface area (Å²) in [6, 6.07) is 0. The molecule has 0 aromatic heterocycles. The van der Waals surface area contributed by atoms with Gasteiger partial charge in [0.25, 0.3) is 0 Å². The van der Waals surface area contributed by atoms with Crippen molar-refractivity contribution >= 4 is 29.9 Å². The molecule has 2 aliphatic rings. The molecule has 1 aliphatic carbocycles. The molecule has 4 nitrogen and oxygen atoms in total. The van der Waals surface area contributed by atoms with Gasteiger partial charge in [-0.05, 0) is 46.2 Å². The fourth-order valence-corrected chi connectivity index (χ4v) is 3.63. The van der Waals surface area contributed by atoms with Gasteiger partial charge in [-0.15, -0.1) is 24.0 Å². The van der Waals surface area contributed by atoms with Gasteiger partial charge in [-0.2, -0.15) is 0 Å². The number of nitrogens with two attached hydrogens (primary N) is 1. The molecule has 2 N–H and O–H groups in total. The van der Waals surface area contributed by atoms with Gasteiger partial charge in [0.15, 0.2) is 5.96 Å². The van der Waals surface area contributed by atoms with E-state index in [0.717, 1.165) is 32.1 Å². The van der Waals surface area contributed by atoms with Crippen molar-refractivity contribution in [2.45, 2.75) is 44.9 Å². The second-order valence-corrected chi connectivity index (χ2v) is 6.67. The maximum Gasteiger partial charge on any atom is 0.191 e. The molecule has 1 saturated carbocycles. The molecule has 0 unspecified atom stereocenters. The van der Waals surface area contributed by atoms with Gasteiger partial charge in [0.1, 0.15) is 0 Å². The Kier molecular flexibility index (Phi) is 7.58. The van der Waals surface area contributed by atoms with Crippen molar-refractivity contribution in [1.29, 1.82) is 0 Å². The highest BCUT2D eigenvalue weighted by Crippen LogP contribution is 2.38. The standard InChI is InChI=1S/C15H30N4.HI/c1-18(2)13-15(8-4-5-9-15)12-17-14(16)19-10-6-3-7-11-19;/h3-13H2,1-2H3,(H2,16,17);1H. The maximum absolute atomic E-state index is 6.18. The lowest BCUT2D eigenvalue weighted by Crippen LogP contribution is -2.42. The summed E-state index contributed by atoms with van der Waals surface area (Å²) in [6.07, 6.45) is 9.19. The molecular weight excluding hydrogens is 363 g/mol. The number of nitrogens with zero attached hydrogens (tertiary/aromatic N) is 3. The lowest BCUT2D eigenvalue weighted by atomic mass is 9.86. The summed E-state index contributed by atoms with van der Waals surface area (Å²) < 4.78 is 0. The second-order valence-electron chi connectivity index (χ2n) is 6.67. The highest BCUT2D eigenvalue weighted by molar-refractivity contribution is 14.0. The van der Waals surface area contributed by atoms with Crippen LogP contribution in [0.4, 0.5) is 0 Å². The molecule has 1 aliphatic heterocycles. The minimum Gasteiger partial charge on any atom is -0.370 e. The van der Waals surface area contributed by atoms with Crippen molar-refractivity contribution in [3.63, 3.8) is 0 Å². The normalized spacial score (nSPS) is 22.9. The largest absolute Gasteiger partial charge is 0.370 e.